The van der Waals surface area contributed by atoms with Crippen LogP contribution >= 0.6 is 0 Å². The number of hydrogen-bond donors (Lipinski definition) is 1. The van der Waals surface area contributed by atoms with Crippen molar-refractivity contribution in [1.82, 2.24) is 4.98 Å². The van der Waals surface area contributed by atoms with Crippen LogP contribution in [0.4, 0.5) is 18.9 Å². The number of hydrogen-bond acceptors (Lipinski definition) is 3. The SMILES string of the molecule is Cc1c(N)ccnc1Oc1cccc(C(F)(F)F)c1. The second kappa shape index (κ2) is 4.79. The van der Waals surface area contributed by atoms with Crippen molar-refractivity contribution in [2.75, 3.05) is 5.73 Å². The molecule has 0 radical (unpaired) electrons. The molecule has 0 aliphatic rings. The fourth-order valence-corrected chi connectivity index (χ4v) is 1.48. The third kappa shape index (κ3) is 2.96. The predicted octanol–water partition coefficient (Wildman–Crippen LogP) is 3.78. The average molecular weight is 268 g/mol. The second-order valence-electron chi connectivity index (χ2n) is 3.96. The Hall–Kier alpha value is -2.24. The molecule has 2 aromatic rings. The summed E-state index contributed by atoms with van der Waals surface area (Å²) in [7, 11) is 0. The summed E-state index contributed by atoms with van der Waals surface area (Å²) in [5.41, 5.74) is 5.95. The van der Waals surface area contributed by atoms with Crippen molar-refractivity contribution in [2.24, 2.45) is 0 Å². The summed E-state index contributed by atoms with van der Waals surface area (Å²) in [6, 6.07) is 6.20. The van der Waals surface area contributed by atoms with E-state index in [0.29, 0.717) is 11.3 Å². The Kier molecular flexibility index (Phi) is 3.33. The van der Waals surface area contributed by atoms with Crippen molar-refractivity contribution in [2.45, 2.75) is 13.1 Å². The molecule has 3 nitrogen and oxygen atoms in total. The Morgan fingerprint density at radius 3 is 2.63 bits per heavy atom. The van der Waals surface area contributed by atoms with Gasteiger partial charge in [-0.3, -0.25) is 0 Å². The van der Waals surface area contributed by atoms with Gasteiger partial charge in [0.15, 0.2) is 0 Å². The van der Waals surface area contributed by atoms with E-state index in [1.807, 2.05) is 0 Å². The van der Waals surface area contributed by atoms with Gasteiger partial charge in [-0.25, -0.2) is 4.98 Å². The summed E-state index contributed by atoms with van der Waals surface area (Å²) in [6.07, 6.45) is -2.97. The van der Waals surface area contributed by atoms with Gasteiger partial charge in [0, 0.05) is 17.4 Å². The Morgan fingerprint density at radius 1 is 1.21 bits per heavy atom. The highest BCUT2D eigenvalue weighted by atomic mass is 19.4. The molecule has 2 rings (SSSR count). The fraction of sp³-hybridized carbons (Fsp3) is 0.154. The molecule has 19 heavy (non-hydrogen) atoms. The quantitative estimate of drug-likeness (QED) is 0.901. The number of rotatable bonds is 2. The standard InChI is InChI=1S/C13H11F3N2O/c1-8-11(17)5-6-18-12(8)19-10-4-2-3-9(7-10)13(14,15)16/h2-7H,1H3,(H2,17,18). The highest BCUT2D eigenvalue weighted by Gasteiger charge is 2.30. The van der Waals surface area contributed by atoms with Crippen molar-refractivity contribution >= 4 is 5.69 Å². The molecule has 0 amide bonds. The molecule has 0 aliphatic carbocycles. The first kappa shape index (κ1) is 13.2. The molecule has 1 heterocycles. The molecule has 0 unspecified atom stereocenters. The molecule has 1 aromatic carbocycles. The molecule has 2 N–H and O–H groups in total. The highest BCUT2D eigenvalue weighted by Crippen LogP contribution is 2.33. The van der Waals surface area contributed by atoms with E-state index >= 15 is 0 Å². The van der Waals surface area contributed by atoms with Gasteiger partial charge >= 0.3 is 6.18 Å². The van der Waals surface area contributed by atoms with Crippen LogP contribution in [-0.4, -0.2) is 4.98 Å². The number of anilines is 1. The highest BCUT2D eigenvalue weighted by molar-refractivity contribution is 5.50. The van der Waals surface area contributed by atoms with Crippen LogP contribution in [-0.2, 0) is 6.18 Å². The smallest absolute Gasteiger partial charge is 0.416 e. The summed E-state index contributed by atoms with van der Waals surface area (Å²) in [5, 5.41) is 0. The van der Waals surface area contributed by atoms with Crippen molar-refractivity contribution < 1.29 is 17.9 Å². The number of alkyl halides is 3. The lowest BCUT2D eigenvalue weighted by atomic mass is 10.2. The van der Waals surface area contributed by atoms with Gasteiger partial charge in [0.1, 0.15) is 5.75 Å². The molecule has 0 fully saturated rings. The molecule has 0 saturated carbocycles. The molecule has 0 spiro atoms. The van der Waals surface area contributed by atoms with E-state index in [4.69, 9.17) is 10.5 Å². The maximum atomic E-state index is 12.6. The van der Waals surface area contributed by atoms with Crippen LogP contribution in [0.15, 0.2) is 36.5 Å². The number of pyridine rings is 1. The number of nitrogen functional groups attached to an aromatic ring is 1. The van der Waals surface area contributed by atoms with Crippen LogP contribution in [0.3, 0.4) is 0 Å². The number of halogens is 3. The molecule has 1 aromatic heterocycles. The van der Waals surface area contributed by atoms with Crippen molar-refractivity contribution in [3.05, 3.63) is 47.7 Å². The number of ether oxygens (including phenoxy) is 1. The van der Waals surface area contributed by atoms with Gasteiger partial charge in [-0.2, -0.15) is 13.2 Å². The van der Waals surface area contributed by atoms with E-state index in [-0.39, 0.29) is 11.6 Å². The summed E-state index contributed by atoms with van der Waals surface area (Å²) < 4.78 is 43.0. The zero-order chi connectivity index (χ0) is 14.0. The Labute approximate surface area is 107 Å². The average Bonchev–Trinajstić information content (AvgIpc) is 2.34. The Bertz CT molecular complexity index is 597. The minimum absolute atomic E-state index is 0.0658. The lowest BCUT2D eigenvalue weighted by Crippen LogP contribution is -2.04. The second-order valence-corrected chi connectivity index (χ2v) is 3.96. The minimum atomic E-state index is -4.41. The maximum Gasteiger partial charge on any atom is 0.416 e. The van der Waals surface area contributed by atoms with E-state index in [1.165, 1.54) is 18.3 Å². The van der Waals surface area contributed by atoms with E-state index in [9.17, 15) is 13.2 Å². The topological polar surface area (TPSA) is 48.1 Å². The van der Waals surface area contributed by atoms with E-state index in [0.717, 1.165) is 12.1 Å². The number of aromatic nitrogens is 1. The fourth-order valence-electron chi connectivity index (χ4n) is 1.48. The number of nitrogens with two attached hydrogens (primary N) is 1. The lowest BCUT2D eigenvalue weighted by molar-refractivity contribution is -0.137. The molecule has 6 heteroatoms. The Balaban J connectivity index is 2.31. The molecule has 100 valence electrons. The predicted molar refractivity (Wildman–Crippen MR) is 64.9 cm³/mol. The number of benzene rings is 1. The third-order valence-corrected chi connectivity index (χ3v) is 2.58. The largest absolute Gasteiger partial charge is 0.439 e. The van der Waals surface area contributed by atoms with Crippen LogP contribution in [0.5, 0.6) is 11.6 Å². The molecule has 0 bridgehead atoms. The van der Waals surface area contributed by atoms with Crippen LogP contribution in [0, 0.1) is 6.92 Å². The van der Waals surface area contributed by atoms with E-state index in [1.54, 1.807) is 13.0 Å². The van der Waals surface area contributed by atoms with E-state index in [2.05, 4.69) is 4.98 Å². The van der Waals surface area contributed by atoms with Crippen LogP contribution in [0.1, 0.15) is 11.1 Å². The first-order valence-electron chi connectivity index (χ1n) is 5.44. The minimum Gasteiger partial charge on any atom is -0.439 e. The van der Waals surface area contributed by atoms with Crippen LogP contribution in [0.25, 0.3) is 0 Å². The normalized spacial score (nSPS) is 11.4. The van der Waals surface area contributed by atoms with Gasteiger partial charge in [-0.1, -0.05) is 6.07 Å². The first-order valence-corrected chi connectivity index (χ1v) is 5.44. The molecule has 0 atom stereocenters. The van der Waals surface area contributed by atoms with Crippen molar-refractivity contribution in [1.29, 1.82) is 0 Å². The van der Waals surface area contributed by atoms with Gasteiger partial charge in [-0.15, -0.1) is 0 Å². The van der Waals surface area contributed by atoms with Gasteiger partial charge in [0.05, 0.1) is 5.56 Å². The van der Waals surface area contributed by atoms with Crippen molar-refractivity contribution in [3.8, 4) is 11.6 Å². The summed E-state index contributed by atoms with van der Waals surface area (Å²) in [5.74, 6) is 0.260. The summed E-state index contributed by atoms with van der Waals surface area (Å²) >= 11 is 0. The first-order chi connectivity index (χ1) is 8.88. The third-order valence-electron chi connectivity index (χ3n) is 2.58. The summed E-state index contributed by atoms with van der Waals surface area (Å²) in [4.78, 5) is 3.94. The van der Waals surface area contributed by atoms with Gasteiger partial charge in [0.2, 0.25) is 5.88 Å². The monoisotopic (exact) mass is 268 g/mol. The zero-order valence-electron chi connectivity index (χ0n) is 10.0. The summed E-state index contributed by atoms with van der Waals surface area (Å²) in [6.45, 7) is 1.69. The van der Waals surface area contributed by atoms with Gasteiger partial charge in [-0.05, 0) is 31.2 Å². The molecular weight excluding hydrogens is 257 g/mol. The Morgan fingerprint density at radius 2 is 1.95 bits per heavy atom. The van der Waals surface area contributed by atoms with Gasteiger partial charge < -0.3 is 10.5 Å². The maximum absolute atomic E-state index is 12.6. The lowest BCUT2D eigenvalue weighted by Gasteiger charge is -2.11. The van der Waals surface area contributed by atoms with Crippen molar-refractivity contribution in [3.63, 3.8) is 0 Å². The zero-order valence-corrected chi connectivity index (χ0v) is 10.0. The van der Waals surface area contributed by atoms with Crippen LogP contribution in [0.2, 0.25) is 0 Å². The number of nitrogens with zero attached hydrogens (tertiary/aromatic N) is 1. The molecule has 0 aliphatic heterocycles. The molecule has 0 saturated heterocycles. The van der Waals surface area contributed by atoms with E-state index < -0.39 is 11.7 Å². The van der Waals surface area contributed by atoms with Gasteiger partial charge in [0.25, 0.3) is 0 Å². The van der Waals surface area contributed by atoms with Crippen LogP contribution < -0.4 is 10.5 Å². The molecular formula is C13H11F3N2O.